The zero-order valence-electron chi connectivity index (χ0n) is 12.8. The molecule has 0 bridgehead atoms. The van der Waals surface area contributed by atoms with Crippen molar-refractivity contribution in [3.63, 3.8) is 0 Å². The Morgan fingerprint density at radius 1 is 1.20 bits per heavy atom. The van der Waals surface area contributed by atoms with Gasteiger partial charge < -0.3 is 9.67 Å². The molecule has 1 rings (SSSR count). The molecule has 0 aliphatic rings. The number of aromatic nitrogens is 1. The molecule has 6 heteroatoms. The summed E-state index contributed by atoms with van der Waals surface area (Å²) in [7, 11) is -3.56. The van der Waals surface area contributed by atoms with E-state index in [-0.39, 0.29) is 11.5 Å². The predicted octanol–water partition coefficient (Wildman–Crippen LogP) is 2.25. The molecule has 0 saturated heterocycles. The Morgan fingerprint density at radius 3 is 2.10 bits per heavy atom. The van der Waals surface area contributed by atoms with Crippen LogP contribution in [0, 0.1) is 0 Å². The normalized spacial score (nSPS) is 12.8. The van der Waals surface area contributed by atoms with Gasteiger partial charge in [-0.3, -0.25) is 0 Å². The van der Waals surface area contributed by atoms with Gasteiger partial charge in [-0.15, -0.1) is 0 Å². The summed E-state index contributed by atoms with van der Waals surface area (Å²) in [5.74, 6) is 0. The summed E-state index contributed by atoms with van der Waals surface area (Å²) in [6, 6.07) is 1.54. The quantitative estimate of drug-likeness (QED) is 0.773. The molecular weight excluding hydrogens is 276 g/mol. The van der Waals surface area contributed by atoms with E-state index < -0.39 is 15.6 Å². The lowest BCUT2D eigenvalue weighted by molar-refractivity contribution is 0.271. The fourth-order valence-corrected chi connectivity index (χ4v) is 4.09. The van der Waals surface area contributed by atoms with Gasteiger partial charge in [0, 0.05) is 24.0 Å². The number of nitrogens with zero attached hydrogens (tertiary/aromatic N) is 1. The summed E-state index contributed by atoms with van der Waals surface area (Å²) in [6.07, 6.45) is 3.83. The first kappa shape index (κ1) is 17.2. The Labute approximate surface area is 122 Å². The summed E-state index contributed by atoms with van der Waals surface area (Å²) >= 11 is 0. The van der Waals surface area contributed by atoms with Crippen molar-refractivity contribution in [2.75, 3.05) is 0 Å². The average Bonchev–Trinajstić information content (AvgIpc) is 2.89. The smallest absolute Gasteiger partial charge is 0.242 e. The van der Waals surface area contributed by atoms with Crippen molar-refractivity contribution < 1.29 is 13.5 Å². The van der Waals surface area contributed by atoms with Crippen LogP contribution < -0.4 is 4.72 Å². The minimum absolute atomic E-state index is 0.163. The maximum absolute atomic E-state index is 12.5. The van der Waals surface area contributed by atoms with Gasteiger partial charge in [-0.1, -0.05) is 20.8 Å². The predicted molar refractivity (Wildman–Crippen MR) is 80.0 cm³/mol. The minimum Gasteiger partial charge on any atom is -0.390 e. The van der Waals surface area contributed by atoms with Crippen LogP contribution in [-0.4, -0.2) is 23.6 Å². The van der Waals surface area contributed by atoms with Gasteiger partial charge in [0.15, 0.2) is 0 Å². The van der Waals surface area contributed by atoms with Crippen LogP contribution >= 0.6 is 0 Å². The fourth-order valence-electron chi connectivity index (χ4n) is 2.41. The van der Waals surface area contributed by atoms with Gasteiger partial charge in [0.2, 0.25) is 10.0 Å². The summed E-state index contributed by atoms with van der Waals surface area (Å²) in [6.45, 7) is 8.36. The lowest BCUT2D eigenvalue weighted by atomic mass is 9.91. The first-order valence-electron chi connectivity index (χ1n) is 7.21. The zero-order valence-corrected chi connectivity index (χ0v) is 13.6. The average molecular weight is 302 g/mol. The number of hydrogen-bond acceptors (Lipinski definition) is 3. The molecular formula is C14H26N2O3S. The van der Waals surface area contributed by atoms with Crippen LogP contribution in [0.3, 0.4) is 0 Å². The Bertz CT molecular complexity index is 501. The highest BCUT2D eigenvalue weighted by molar-refractivity contribution is 7.89. The fraction of sp³-hybridized carbons (Fsp3) is 0.714. The van der Waals surface area contributed by atoms with Gasteiger partial charge in [0.1, 0.15) is 0 Å². The van der Waals surface area contributed by atoms with Gasteiger partial charge in [-0.05, 0) is 32.3 Å². The molecule has 0 unspecified atom stereocenters. The van der Waals surface area contributed by atoms with E-state index in [0.29, 0.717) is 12.2 Å². The SMILES string of the molecule is CCn1cc(S(=O)(=O)NC(CC)(CC)CC)cc1CO. The number of hydrogen-bond donors (Lipinski definition) is 2. The van der Waals surface area contributed by atoms with Crippen LogP contribution in [0.2, 0.25) is 0 Å². The van der Waals surface area contributed by atoms with Crippen LogP contribution in [0.4, 0.5) is 0 Å². The van der Waals surface area contributed by atoms with Crippen molar-refractivity contribution in [3.8, 4) is 0 Å². The molecule has 0 fully saturated rings. The highest BCUT2D eigenvalue weighted by Crippen LogP contribution is 2.24. The van der Waals surface area contributed by atoms with Gasteiger partial charge in [0.25, 0.3) is 0 Å². The molecule has 1 aromatic heterocycles. The second-order valence-electron chi connectivity index (χ2n) is 5.06. The summed E-state index contributed by atoms with van der Waals surface area (Å²) < 4.78 is 29.6. The first-order valence-corrected chi connectivity index (χ1v) is 8.70. The number of rotatable bonds is 8. The van der Waals surface area contributed by atoms with Crippen LogP contribution in [0.1, 0.15) is 52.7 Å². The van der Waals surface area contributed by atoms with Crippen molar-refractivity contribution in [1.82, 2.24) is 9.29 Å². The molecule has 0 amide bonds. The first-order chi connectivity index (χ1) is 9.37. The third-order valence-electron chi connectivity index (χ3n) is 4.16. The second-order valence-corrected chi connectivity index (χ2v) is 6.74. The monoisotopic (exact) mass is 302 g/mol. The van der Waals surface area contributed by atoms with Crippen LogP contribution in [0.15, 0.2) is 17.2 Å². The highest BCUT2D eigenvalue weighted by Gasteiger charge is 2.31. The maximum Gasteiger partial charge on any atom is 0.242 e. The topological polar surface area (TPSA) is 71.3 Å². The van der Waals surface area contributed by atoms with E-state index in [2.05, 4.69) is 4.72 Å². The lowest BCUT2D eigenvalue weighted by Gasteiger charge is -2.31. The molecule has 0 spiro atoms. The Hall–Kier alpha value is -0.850. The second kappa shape index (κ2) is 6.74. The molecule has 0 aromatic carbocycles. The standard InChI is InChI=1S/C14H26N2O3S/c1-5-14(6-2,7-3)15-20(18,19)13-9-12(11-17)16(8-4)10-13/h9-10,15,17H,5-8,11H2,1-4H3. The number of aryl methyl sites for hydroxylation is 1. The van der Waals surface area contributed by atoms with E-state index in [1.54, 1.807) is 10.8 Å². The van der Waals surface area contributed by atoms with Crippen molar-refractivity contribution >= 4 is 10.0 Å². The number of sulfonamides is 1. The Morgan fingerprint density at radius 2 is 1.75 bits per heavy atom. The lowest BCUT2D eigenvalue weighted by Crippen LogP contribution is -2.46. The van der Waals surface area contributed by atoms with Crippen molar-refractivity contribution in [3.05, 3.63) is 18.0 Å². The Balaban J connectivity index is 3.13. The highest BCUT2D eigenvalue weighted by atomic mass is 32.2. The summed E-state index contributed by atoms with van der Waals surface area (Å²) in [5, 5.41) is 9.26. The van der Waals surface area contributed by atoms with Crippen LogP contribution in [0.5, 0.6) is 0 Å². The van der Waals surface area contributed by atoms with Crippen LogP contribution in [0.25, 0.3) is 0 Å². The zero-order chi connectivity index (χ0) is 15.4. The van der Waals surface area contributed by atoms with E-state index in [4.69, 9.17) is 0 Å². The molecule has 2 N–H and O–H groups in total. The molecule has 0 radical (unpaired) electrons. The van der Waals surface area contributed by atoms with Gasteiger partial charge in [0.05, 0.1) is 11.5 Å². The molecule has 0 saturated carbocycles. The molecule has 5 nitrogen and oxygen atoms in total. The maximum atomic E-state index is 12.5. The molecule has 0 aliphatic heterocycles. The van der Waals surface area contributed by atoms with E-state index in [0.717, 1.165) is 19.3 Å². The molecule has 20 heavy (non-hydrogen) atoms. The molecule has 116 valence electrons. The third kappa shape index (κ3) is 3.42. The van der Waals surface area contributed by atoms with Gasteiger partial charge in [-0.25, -0.2) is 13.1 Å². The molecule has 0 aliphatic carbocycles. The Kier molecular flexibility index (Phi) is 5.79. The number of aliphatic hydroxyl groups is 1. The molecule has 0 atom stereocenters. The van der Waals surface area contributed by atoms with E-state index in [9.17, 15) is 13.5 Å². The van der Waals surface area contributed by atoms with E-state index >= 15 is 0 Å². The number of aliphatic hydroxyl groups excluding tert-OH is 1. The van der Waals surface area contributed by atoms with Gasteiger partial charge in [-0.2, -0.15) is 0 Å². The third-order valence-corrected chi connectivity index (χ3v) is 5.70. The van der Waals surface area contributed by atoms with Crippen molar-refractivity contribution in [1.29, 1.82) is 0 Å². The van der Waals surface area contributed by atoms with Gasteiger partial charge >= 0.3 is 0 Å². The minimum atomic E-state index is -3.56. The summed E-state index contributed by atoms with van der Waals surface area (Å²) in [4.78, 5) is 0.225. The van der Waals surface area contributed by atoms with Crippen molar-refractivity contribution in [2.45, 2.75) is 70.5 Å². The van der Waals surface area contributed by atoms with Crippen LogP contribution in [-0.2, 0) is 23.2 Å². The van der Waals surface area contributed by atoms with E-state index in [1.807, 2.05) is 27.7 Å². The van der Waals surface area contributed by atoms with Crippen molar-refractivity contribution in [2.24, 2.45) is 0 Å². The largest absolute Gasteiger partial charge is 0.390 e. The van der Waals surface area contributed by atoms with E-state index in [1.165, 1.54) is 6.07 Å². The molecule has 1 aromatic rings. The summed E-state index contributed by atoms with van der Waals surface area (Å²) in [5.41, 5.74) is 0.218. The molecule has 1 heterocycles. The number of nitrogens with one attached hydrogen (secondary N) is 1.